The van der Waals surface area contributed by atoms with Crippen molar-refractivity contribution in [3.63, 3.8) is 0 Å². The third kappa shape index (κ3) is 5.43. The van der Waals surface area contributed by atoms with Gasteiger partial charge in [-0.25, -0.2) is 9.97 Å². The maximum absolute atomic E-state index is 12.7. The van der Waals surface area contributed by atoms with Gasteiger partial charge in [-0.3, -0.25) is 4.79 Å². The maximum Gasteiger partial charge on any atom is 0.256 e. The first kappa shape index (κ1) is 21.9. The van der Waals surface area contributed by atoms with Gasteiger partial charge in [-0.1, -0.05) is 12.7 Å². The molecular weight excluding hydrogens is 394 g/mol. The molecule has 1 N–H and O–H groups in total. The lowest BCUT2D eigenvalue weighted by atomic mass is 10.1. The van der Waals surface area contributed by atoms with Crippen molar-refractivity contribution in [3.8, 4) is 11.5 Å². The van der Waals surface area contributed by atoms with Crippen LogP contribution in [0.3, 0.4) is 0 Å². The predicted octanol–water partition coefficient (Wildman–Crippen LogP) is 3.82. The number of fused-ring (bicyclic) bond motifs is 1. The molecule has 0 bridgehead atoms. The van der Waals surface area contributed by atoms with E-state index in [1.54, 1.807) is 49.8 Å². The molecule has 8 heteroatoms. The second-order valence-electron chi connectivity index (χ2n) is 7.02. The predicted molar refractivity (Wildman–Crippen MR) is 120 cm³/mol. The molecule has 0 aliphatic rings. The summed E-state index contributed by atoms with van der Waals surface area (Å²) < 4.78 is 11.2. The maximum atomic E-state index is 12.7. The van der Waals surface area contributed by atoms with E-state index in [1.807, 2.05) is 32.0 Å². The van der Waals surface area contributed by atoms with Gasteiger partial charge in [0.2, 0.25) is 5.89 Å². The van der Waals surface area contributed by atoms with E-state index >= 15 is 0 Å². The highest BCUT2D eigenvalue weighted by Gasteiger charge is 2.13. The molecule has 0 aliphatic carbocycles. The quantitative estimate of drug-likeness (QED) is 0.337. The Balaban J connectivity index is 1.77. The Morgan fingerprint density at radius 1 is 1.29 bits per heavy atom. The zero-order valence-electron chi connectivity index (χ0n) is 18.0. The van der Waals surface area contributed by atoms with Gasteiger partial charge in [0.25, 0.3) is 5.91 Å². The van der Waals surface area contributed by atoms with Crippen molar-refractivity contribution >= 4 is 23.0 Å². The summed E-state index contributed by atoms with van der Waals surface area (Å²) in [4.78, 5) is 27.4. The van der Waals surface area contributed by atoms with E-state index in [9.17, 15) is 4.79 Å². The number of rotatable bonds is 8. The molecule has 0 aliphatic heterocycles. The fraction of sp³-hybridized carbons (Fsp3) is 0.217. The Bertz CT molecular complexity index is 1130. The van der Waals surface area contributed by atoms with Gasteiger partial charge in [0.1, 0.15) is 11.6 Å². The molecule has 0 fully saturated rings. The molecule has 0 saturated heterocycles. The van der Waals surface area contributed by atoms with E-state index < -0.39 is 5.91 Å². The topological polar surface area (TPSA) is 93.4 Å². The number of pyridine rings is 2. The van der Waals surface area contributed by atoms with Crippen LogP contribution >= 0.6 is 0 Å². The molecule has 0 aromatic carbocycles. The van der Waals surface area contributed by atoms with Crippen LogP contribution in [0.2, 0.25) is 0 Å². The minimum Gasteiger partial charge on any atom is -0.496 e. The number of methoxy groups -OCH3 is 1. The summed E-state index contributed by atoms with van der Waals surface area (Å²) in [7, 11) is 5.49. The van der Waals surface area contributed by atoms with Gasteiger partial charge in [0, 0.05) is 35.6 Å². The molecule has 3 heterocycles. The summed E-state index contributed by atoms with van der Waals surface area (Å²) in [6.07, 6.45) is 6.78. The summed E-state index contributed by atoms with van der Waals surface area (Å²) in [5, 5.41) is 2.75. The Morgan fingerprint density at radius 2 is 2.10 bits per heavy atom. The fourth-order valence-corrected chi connectivity index (χ4v) is 2.88. The van der Waals surface area contributed by atoms with Gasteiger partial charge >= 0.3 is 0 Å². The molecule has 0 spiro atoms. The number of carbonyl (C=O) groups is 1. The molecule has 0 unspecified atom stereocenters. The lowest BCUT2D eigenvalue weighted by Crippen LogP contribution is -2.18. The average molecular weight is 419 g/mol. The van der Waals surface area contributed by atoms with Crippen molar-refractivity contribution in [2.24, 2.45) is 0 Å². The molecule has 8 nitrogen and oxygen atoms in total. The lowest BCUT2D eigenvalue weighted by Gasteiger charge is -2.16. The van der Waals surface area contributed by atoms with E-state index in [1.165, 1.54) is 0 Å². The van der Waals surface area contributed by atoms with E-state index in [4.69, 9.17) is 9.15 Å². The number of amides is 1. The lowest BCUT2D eigenvalue weighted by molar-refractivity contribution is -0.112. The van der Waals surface area contributed by atoms with Crippen molar-refractivity contribution < 1.29 is 13.9 Å². The molecule has 31 heavy (non-hydrogen) atoms. The number of oxazole rings is 1. The van der Waals surface area contributed by atoms with Crippen molar-refractivity contribution in [2.75, 3.05) is 33.1 Å². The highest BCUT2D eigenvalue weighted by Crippen LogP contribution is 2.24. The zero-order chi connectivity index (χ0) is 22.4. The average Bonchev–Trinajstić information content (AvgIpc) is 3.20. The SMILES string of the molecule is C=C(/C=C(OC)\C(=C/C)CN(C)C)C(=O)Nc1cc(-c2nc3ncccc3o2)ccn1. The monoisotopic (exact) mass is 419 g/mol. The van der Waals surface area contributed by atoms with Gasteiger partial charge in [-0.05, 0) is 51.4 Å². The molecule has 160 valence electrons. The van der Waals surface area contributed by atoms with Crippen LogP contribution in [0.15, 0.2) is 76.7 Å². The van der Waals surface area contributed by atoms with Crippen molar-refractivity contribution in [3.05, 3.63) is 72.3 Å². The second-order valence-corrected chi connectivity index (χ2v) is 7.02. The van der Waals surface area contributed by atoms with Crippen LogP contribution in [-0.2, 0) is 9.53 Å². The Morgan fingerprint density at radius 3 is 2.77 bits per heavy atom. The normalized spacial score (nSPS) is 12.3. The van der Waals surface area contributed by atoms with Crippen molar-refractivity contribution in [1.82, 2.24) is 19.9 Å². The van der Waals surface area contributed by atoms with Crippen LogP contribution in [0.5, 0.6) is 0 Å². The van der Waals surface area contributed by atoms with E-state index in [0.29, 0.717) is 40.8 Å². The van der Waals surface area contributed by atoms with E-state index in [-0.39, 0.29) is 5.57 Å². The van der Waals surface area contributed by atoms with Crippen LogP contribution < -0.4 is 5.32 Å². The molecule has 1 amide bonds. The number of hydrogen-bond donors (Lipinski definition) is 1. The van der Waals surface area contributed by atoms with Crippen LogP contribution in [0.4, 0.5) is 5.82 Å². The van der Waals surface area contributed by atoms with Gasteiger partial charge < -0.3 is 19.4 Å². The summed E-state index contributed by atoms with van der Waals surface area (Å²) in [6.45, 7) is 6.46. The number of aromatic nitrogens is 3. The third-order valence-corrected chi connectivity index (χ3v) is 4.38. The summed E-state index contributed by atoms with van der Waals surface area (Å²) in [5.74, 6) is 0.940. The molecule has 0 radical (unpaired) electrons. The van der Waals surface area contributed by atoms with Crippen molar-refractivity contribution in [1.29, 1.82) is 0 Å². The second kappa shape index (κ2) is 9.82. The number of carbonyl (C=O) groups excluding carboxylic acids is 1. The summed E-state index contributed by atoms with van der Waals surface area (Å²) >= 11 is 0. The van der Waals surface area contributed by atoms with Gasteiger partial charge in [-0.2, -0.15) is 4.98 Å². The highest BCUT2D eigenvalue weighted by atomic mass is 16.5. The van der Waals surface area contributed by atoms with Gasteiger partial charge in [0.15, 0.2) is 11.2 Å². The molecule has 3 aromatic rings. The fourth-order valence-electron chi connectivity index (χ4n) is 2.88. The molecule has 3 aromatic heterocycles. The Labute approximate surface area is 181 Å². The standard InChI is InChI=1S/C23H25N5O3/c1-6-16(14-28(3)4)19(30-5)12-15(2)22(29)26-20-13-17(9-11-24-20)23-27-21-18(31-23)8-7-10-25-21/h6-13H,2,14H2,1,3-5H3,(H,24,26,29)/b16-6-,19-12+. The summed E-state index contributed by atoms with van der Waals surface area (Å²) in [5.41, 5.74) is 2.97. The number of nitrogens with one attached hydrogen (secondary N) is 1. The number of allylic oxidation sites excluding steroid dienone is 1. The van der Waals surface area contributed by atoms with Crippen LogP contribution in [0.1, 0.15) is 6.92 Å². The van der Waals surface area contributed by atoms with Gasteiger partial charge in [0.05, 0.1) is 7.11 Å². The molecule has 0 atom stereocenters. The van der Waals surface area contributed by atoms with E-state index in [0.717, 1.165) is 5.57 Å². The molecule has 0 saturated carbocycles. The Kier molecular flexibility index (Phi) is 6.94. The number of anilines is 1. The van der Waals surface area contributed by atoms with Crippen LogP contribution in [-0.4, -0.2) is 53.5 Å². The highest BCUT2D eigenvalue weighted by molar-refractivity contribution is 6.05. The largest absolute Gasteiger partial charge is 0.496 e. The first-order valence-electron chi connectivity index (χ1n) is 9.65. The van der Waals surface area contributed by atoms with Gasteiger partial charge in [-0.15, -0.1) is 0 Å². The molecule has 3 rings (SSSR count). The van der Waals surface area contributed by atoms with Crippen LogP contribution in [0.25, 0.3) is 22.7 Å². The molecular formula is C23H25N5O3. The summed E-state index contributed by atoms with van der Waals surface area (Å²) in [6, 6.07) is 7.00. The van der Waals surface area contributed by atoms with E-state index in [2.05, 4.69) is 26.8 Å². The van der Waals surface area contributed by atoms with Crippen molar-refractivity contribution in [2.45, 2.75) is 6.92 Å². The number of likely N-dealkylation sites (N-methyl/N-ethyl adjacent to an activating group) is 1. The third-order valence-electron chi connectivity index (χ3n) is 4.38. The first-order valence-corrected chi connectivity index (χ1v) is 9.65. The number of nitrogens with zero attached hydrogens (tertiary/aromatic N) is 4. The number of hydrogen-bond acceptors (Lipinski definition) is 7. The number of ether oxygens (including phenoxy) is 1. The Hall–Kier alpha value is -3.78. The minimum absolute atomic E-state index is 0.244. The zero-order valence-corrected chi connectivity index (χ0v) is 18.0. The first-order chi connectivity index (χ1) is 14.9. The minimum atomic E-state index is -0.390. The van der Waals surface area contributed by atoms with Crippen LogP contribution in [0, 0.1) is 0 Å². The smallest absolute Gasteiger partial charge is 0.256 e.